The molecule has 3 nitrogen and oxygen atoms in total. The predicted octanol–water partition coefficient (Wildman–Crippen LogP) is 1.38. The molecule has 0 saturated heterocycles. The molecule has 50 valence electrons. The van der Waals surface area contributed by atoms with Crippen LogP contribution in [0.15, 0.2) is 24.5 Å². The minimum absolute atomic E-state index is 0.579. The largest absolute Gasteiger partial charge is 0.237 e. The fourth-order valence-corrected chi connectivity index (χ4v) is 0.991. The second-order valence-electron chi connectivity index (χ2n) is 1.87. The molecule has 0 N–H and O–H groups in total. The van der Waals surface area contributed by atoms with E-state index in [-0.39, 0.29) is 0 Å². The van der Waals surface area contributed by atoms with Gasteiger partial charge in [0.2, 0.25) is 0 Å². The summed E-state index contributed by atoms with van der Waals surface area (Å²) < 4.78 is 1.57. The summed E-state index contributed by atoms with van der Waals surface area (Å²) in [6, 6.07) is 3.49. The highest BCUT2D eigenvalue weighted by atomic mass is 35.5. The summed E-state index contributed by atoms with van der Waals surface area (Å²) in [6.07, 6.45) is 3.31. The van der Waals surface area contributed by atoms with Gasteiger partial charge in [0.05, 0.1) is 6.20 Å². The average molecular weight is 154 g/mol. The highest BCUT2D eigenvalue weighted by molar-refractivity contribution is 6.29. The summed E-state index contributed by atoms with van der Waals surface area (Å²) in [4.78, 5) is 4.02. The fraction of sp³-hybridized carbons (Fsp3) is 0. The van der Waals surface area contributed by atoms with Crippen LogP contribution in [0.1, 0.15) is 0 Å². The zero-order valence-corrected chi connectivity index (χ0v) is 5.78. The molecule has 0 aromatic carbocycles. The molecule has 0 atom stereocenters. The Hall–Kier alpha value is -1.09. The predicted molar refractivity (Wildman–Crippen MR) is 38.0 cm³/mol. The Kier molecular flexibility index (Phi) is 1.11. The summed E-state index contributed by atoms with van der Waals surface area (Å²) in [5.74, 6) is 0. The minimum Gasteiger partial charge on any atom is -0.237 e. The molecule has 0 amide bonds. The Morgan fingerprint density at radius 3 is 3.00 bits per heavy atom. The lowest BCUT2D eigenvalue weighted by molar-refractivity contribution is 0.940. The van der Waals surface area contributed by atoms with Crippen LogP contribution in [0.25, 0.3) is 5.65 Å². The SMILES string of the molecule is Clc1ccnc2ccnn12. The number of hydrogen-bond donors (Lipinski definition) is 0. The standard InChI is InChI=1S/C6H4ClN3/c7-5-1-3-8-6-2-4-9-10(5)6/h1-4H. The van der Waals surface area contributed by atoms with Gasteiger partial charge < -0.3 is 0 Å². The molecule has 0 radical (unpaired) electrons. The molecule has 0 saturated carbocycles. The van der Waals surface area contributed by atoms with Gasteiger partial charge in [-0.25, -0.2) is 9.50 Å². The molecular formula is C6H4ClN3. The van der Waals surface area contributed by atoms with Crippen molar-refractivity contribution >= 4 is 17.2 Å². The Balaban J connectivity index is 2.95. The Bertz CT molecular complexity index is 355. The molecular weight excluding hydrogens is 150 g/mol. The fourth-order valence-electron chi connectivity index (χ4n) is 0.804. The lowest BCUT2D eigenvalue weighted by Crippen LogP contribution is -1.89. The van der Waals surface area contributed by atoms with Crippen LogP contribution in [0.2, 0.25) is 5.15 Å². The van der Waals surface area contributed by atoms with Crippen LogP contribution in [-0.2, 0) is 0 Å². The summed E-state index contributed by atoms with van der Waals surface area (Å²) in [6.45, 7) is 0. The van der Waals surface area contributed by atoms with Crippen LogP contribution in [0.5, 0.6) is 0 Å². The first kappa shape index (κ1) is 5.68. The second-order valence-corrected chi connectivity index (χ2v) is 2.26. The number of rotatable bonds is 0. The number of fused-ring (bicyclic) bond motifs is 1. The van der Waals surface area contributed by atoms with Gasteiger partial charge in [0.1, 0.15) is 5.15 Å². The molecule has 4 heteroatoms. The van der Waals surface area contributed by atoms with Gasteiger partial charge in [-0.3, -0.25) is 0 Å². The summed E-state index contributed by atoms with van der Waals surface area (Å²) in [5.41, 5.74) is 0.771. The molecule has 0 fully saturated rings. The van der Waals surface area contributed by atoms with Crippen molar-refractivity contribution < 1.29 is 0 Å². The van der Waals surface area contributed by atoms with Gasteiger partial charge in [0, 0.05) is 12.3 Å². The minimum atomic E-state index is 0.579. The Labute approximate surface area is 62.3 Å². The van der Waals surface area contributed by atoms with Gasteiger partial charge in [-0.05, 0) is 6.07 Å². The van der Waals surface area contributed by atoms with Crippen LogP contribution in [0.4, 0.5) is 0 Å². The molecule has 0 bridgehead atoms. The maximum atomic E-state index is 5.76. The molecule has 2 aromatic heterocycles. The summed E-state index contributed by atoms with van der Waals surface area (Å²) >= 11 is 5.76. The van der Waals surface area contributed by atoms with E-state index in [1.54, 1.807) is 29.0 Å². The maximum Gasteiger partial charge on any atom is 0.156 e. The Morgan fingerprint density at radius 2 is 2.20 bits per heavy atom. The van der Waals surface area contributed by atoms with Gasteiger partial charge in [0.25, 0.3) is 0 Å². The van der Waals surface area contributed by atoms with Crippen molar-refractivity contribution in [1.29, 1.82) is 0 Å². The maximum absolute atomic E-state index is 5.76. The Morgan fingerprint density at radius 1 is 1.30 bits per heavy atom. The van der Waals surface area contributed by atoms with E-state index in [0.717, 1.165) is 5.65 Å². The average Bonchev–Trinajstić information content (AvgIpc) is 2.36. The molecule has 0 aliphatic rings. The third kappa shape index (κ3) is 0.675. The topological polar surface area (TPSA) is 30.2 Å². The molecule has 0 unspecified atom stereocenters. The van der Waals surface area contributed by atoms with E-state index < -0.39 is 0 Å². The van der Waals surface area contributed by atoms with Crippen LogP contribution in [0, 0.1) is 0 Å². The molecule has 2 rings (SSSR count). The number of hydrogen-bond acceptors (Lipinski definition) is 2. The summed E-state index contributed by atoms with van der Waals surface area (Å²) in [7, 11) is 0. The van der Waals surface area contributed by atoms with Crippen molar-refractivity contribution in [2.75, 3.05) is 0 Å². The van der Waals surface area contributed by atoms with E-state index in [9.17, 15) is 0 Å². The number of aromatic nitrogens is 3. The van der Waals surface area contributed by atoms with Crippen LogP contribution >= 0.6 is 11.6 Å². The van der Waals surface area contributed by atoms with Crippen molar-refractivity contribution in [1.82, 2.24) is 14.6 Å². The van der Waals surface area contributed by atoms with E-state index in [0.29, 0.717) is 5.15 Å². The summed E-state index contributed by atoms with van der Waals surface area (Å²) in [5, 5.41) is 4.52. The van der Waals surface area contributed by atoms with E-state index in [4.69, 9.17) is 11.6 Å². The van der Waals surface area contributed by atoms with Gasteiger partial charge in [0.15, 0.2) is 5.65 Å². The zero-order chi connectivity index (χ0) is 6.97. The number of halogens is 1. The van der Waals surface area contributed by atoms with Gasteiger partial charge in [-0.2, -0.15) is 5.10 Å². The van der Waals surface area contributed by atoms with Crippen molar-refractivity contribution in [3.63, 3.8) is 0 Å². The first-order valence-electron chi connectivity index (χ1n) is 2.82. The molecule has 10 heavy (non-hydrogen) atoms. The van der Waals surface area contributed by atoms with Crippen LogP contribution in [0.3, 0.4) is 0 Å². The van der Waals surface area contributed by atoms with Crippen molar-refractivity contribution in [2.24, 2.45) is 0 Å². The second kappa shape index (κ2) is 1.95. The molecule has 0 aliphatic heterocycles. The highest BCUT2D eigenvalue weighted by Gasteiger charge is 1.95. The lowest BCUT2D eigenvalue weighted by Gasteiger charge is -1.92. The first-order chi connectivity index (χ1) is 4.88. The quantitative estimate of drug-likeness (QED) is 0.536. The third-order valence-electron chi connectivity index (χ3n) is 1.24. The normalized spacial score (nSPS) is 10.5. The van der Waals surface area contributed by atoms with E-state index in [1.165, 1.54) is 0 Å². The van der Waals surface area contributed by atoms with Crippen molar-refractivity contribution in [3.8, 4) is 0 Å². The monoisotopic (exact) mass is 153 g/mol. The van der Waals surface area contributed by atoms with Gasteiger partial charge in [-0.15, -0.1) is 0 Å². The van der Waals surface area contributed by atoms with Crippen molar-refractivity contribution in [3.05, 3.63) is 29.7 Å². The highest BCUT2D eigenvalue weighted by Crippen LogP contribution is 2.07. The molecule has 2 aromatic rings. The van der Waals surface area contributed by atoms with Gasteiger partial charge in [-0.1, -0.05) is 11.6 Å². The molecule has 2 heterocycles. The van der Waals surface area contributed by atoms with E-state index in [1.807, 2.05) is 0 Å². The lowest BCUT2D eigenvalue weighted by atomic mass is 10.6. The van der Waals surface area contributed by atoms with E-state index >= 15 is 0 Å². The zero-order valence-electron chi connectivity index (χ0n) is 5.03. The number of nitrogens with zero attached hydrogens (tertiary/aromatic N) is 3. The van der Waals surface area contributed by atoms with Gasteiger partial charge >= 0.3 is 0 Å². The van der Waals surface area contributed by atoms with Crippen molar-refractivity contribution in [2.45, 2.75) is 0 Å². The third-order valence-corrected chi connectivity index (χ3v) is 1.53. The smallest absolute Gasteiger partial charge is 0.156 e. The first-order valence-corrected chi connectivity index (χ1v) is 3.20. The van der Waals surface area contributed by atoms with Crippen LogP contribution in [-0.4, -0.2) is 14.6 Å². The molecule has 0 spiro atoms. The van der Waals surface area contributed by atoms with Crippen LogP contribution < -0.4 is 0 Å². The van der Waals surface area contributed by atoms with E-state index in [2.05, 4.69) is 10.1 Å². The molecule has 0 aliphatic carbocycles.